The molecule has 1 heterocycles. The van der Waals surface area contributed by atoms with E-state index in [1.54, 1.807) is 0 Å². The van der Waals surface area contributed by atoms with Crippen molar-refractivity contribution in [3.05, 3.63) is 48.1 Å². The molecule has 2 N–H and O–H groups in total. The van der Waals surface area contributed by atoms with Crippen LogP contribution in [-0.2, 0) is 4.74 Å². The van der Waals surface area contributed by atoms with Gasteiger partial charge in [0.25, 0.3) is 0 Å². The smallest absolute Gasteiger partial charge is 0.126 e. The van der Waals surface area contributed by atoms with Gasteiger partial charge in [0, 0.05) is 11.3 Å². The summed E-state index contributed by atoms with van der Waals surface area (Å²) < 4.78 is 5.44. The number of nitrogens with two attached hydrogens (primary N) is 1. The van der Waals surface area contributed by atoms with Crippen LogP contribution >= 0.6 is 0 Å². The molecule has 66 valence electrons. The van der Waals surface area contributed by atoms with Gasteiger partial charge in [0.1, 0.15) is 12.4 Å². The SMILES string of the molecule is Nc1ccc(C2=CC=CCO2)cc1. The Labute approximate surface area is 77.3 Å². The van der Waals surface area contributed by atoms with E-state index in [9.17, 15) is 0 Å². The van der Waals surface area contributed by atoms with E-state index in [-0.39, 0.29) is 0 Å². The second-order valence-electron chi connectivity index (χ2n) is 2.89. The highest BCUT2D eigenvalue weighted by atomic mass is 16.5. The fraction of sp³-hybridized carbons (Fsp3) is 0.0909. The number of hydrogen-bond acceptors (Lipinski definition) is 2. The molecule has 2 nitrogen and oxygen atoms in total. The number of ether oxygens (including phenoxy) is 1. The van der Waals surface area contributed by atoms with E-state index in [0.29, 0.717) is 6.61 Å². The van der Waals surface area contributed by atoms with Crippen LogP contribution in [0.4, 0.5) is 5.69 Å². The minimum atomic E-state index is 0.649. The van der Waals surface area contributed by atoms with Crippen molar-refractivity contribution in [2.24, 2.45) is 0 Å². The van der Waals surface area contributed by atoms with Crippen molar-refractivity contribution in [2.45, 2.75) is 0 Å². The lowest BCUT2D eigenvalue weighted by molar-refractivity contribution is 0.316. The molecule has 1 aliphatic heterocycles. The Morgan fingerprint density at radius 2 is 1.92 bits per heavy atom. The second kappa shape index (κ2) is 3.35. The van der Waals surface area contributed by atoms with Gasteiger partial charge in [-0.15, -0.1) is 0 Å². The lowest BCUT2D eigenvalue weighted by Gasteiger charge is -2.11. The summed E-state index contributed by atoms with van der Waals surface area (Å²) in [5.74, 6) is 0.905. The molecule has 0 atom stereocenters. The van der Waals surface area contributed by atoms with E-state index >= 15 is 0 Å². The topological polar surface area (TPSA) is 35.2 Å². The molecule has 0 aliphatic carbocycles. The fourth-order valence-corrected chi connectivity index (χ4v) is 1.22. The Balaban J connectivity index is 2.30. The summed E-state index contributed by atoms with van der Waals surface area (Å²) in [7, 11) is 0. The van der Waals surface area contributed by atoms with Crippen LogP contribution in [0.3, 0.4) is 0 Å². The number of benzene rings is 1. The maximum Gasteiger partial charge on any atom is 0.126 e. The van der Waals surface area contributed by atoms with E-state index in [1.165, 1.54) is 0 Å². The van der Waals surface area contributed by atoms with Gasteiger partial charge >= 0.3 is 0 Å². The molecular formula is C11H11NO. The molecule has 0 spiro atoms. The third-order valence-electron chi connectivity index (χ3n) is 1.91. The zero-order valence-corrected chi connectivity index (χ0v) is 7.23. The number of allylic oxidation sites excluding steroid dienone is 2. The zero-order chi connectivity index (χ0) is 9.10. The van der Waals surface area contributed by atoms with E-state index in [1.807, 2.05) is 42.5 Å². The lowest BCUT2D eigenvalue weighted by atomic mass is 10.1. The normalized spacial score (nSPS) is 14.9. The highest BCUT2D eigenvalue weighted by Crippen LogP contribution is 2.19. The number of hydrogen-bond donors (Lipinski definition) is 1. The fourth-order valence-electron chi connectivity index (χ4n) is 1.22. The van der Waals surface area contributed by atoms with Crippen LogP contribution in [-0.4, -0.2) is 6.61 Å². The number of nitrogen functional groups attached to an aromatic ring is 1. The third kappa shape index (κ3) is 1.72. The number of rotatable bonds is 1. The molecule has 1 aliphatic rings. The Bertz CT molecular complexity index is 349. The summed E-state index contributed by atoms with van der Waals surface area (Å²) in [6.07, 6.45) is 5.92. The molecule has 2 heteroatoms. The summed E-state index contributed by atoms with van der Waals surface area (Å²) in [5.41, 5.74) is 7.42. The molecule has 0 aromatic heterocycles. The first-order chi connectivity index (χ1) is 6.36. The van der Waals surface area contributed by atoms with Crippen LogP contribution in [0.2, 0.25) is 0 Å². The van der Waals surface area contributed by atoms with E-state index in [2.05, 4.69) is 0 Å². The van der Waals surface area contributed by atoms with Gasteiger partial charge in [0.15, 0.2) is 0 Å². The zero-order valence-electron chi connectivity index (χ0n) is 7.23. The van der Waals surface area contributed by atoms with E-state index < -0.39 is 0 Å². The highest BCUT2D eigenvalue weighted by molar-refractivity contribution is 5.64. The molecule has 0 saturated carbocycles. The van der Waals surface area contributed by atoms with Crippen LogP contribution in [0, 0.1) is 0 Å². The molecule has 13 heavy (non-hydrogen) atoms. The van der Waals surface area contributed by atoms with Crippen LogP contribution in [0.1, 0.15) is 5.56 Å². The van der Waals surface area contributed by atoms with Gasteiger partial charge in [-0.1, -0.05) is 6.08 Å². The monoisotopic (exact) mass is 173 g/mol. The molecule has 1 aromatic rings. The summed E-state index contributed by atoms with van der Waals surface area (Å²) in [4.78, 5) is 0. The molecule has 0 fully saturated rings. The van der Waals surface area contributed by atoms with Crippen LogP contribution < -0.4 is 5.73 Å². The lowest BCUT2D eigenvalue weighted by Crippen LogP contribution is -1.96. The van der Waals surface area contributed by atoms with Crippen molar-refractivity contribution < 1.29 is 4.74 Å². The first kappa shape index (κ1) is 7.92. The molecule has 0 amide bonds. The third-order valence-corrected chi connectivity index (χ3v) is 1.91. The van der Waals surface area contributed by atoms with Crippen molar-refractivity contribution in [1.82, 2.24) is 0 Å². The molecule has 0 radical (unpaired) electrons. The Hall–Kier alpha value is -1.70. The predicted molar refractivity (Wildman–Crippen MR) is 53.9 cm³/mol. The van der Waals surface area contributed by atoms with E-state index in [4.69, 9.17) is 10.5 Å². The Kier molecular flexibility index (Phi) is 2.04. The maximum atomic E-state index is 5.58. The van der Waals surface area contributed by atoms with Crippen molar-refractivity contribution in [2.75, 3.05) is 12.3 Å². The van der Waals surface area contributed by atoms with Gasteiger partial charge in [-0.25, -0.2) is 0 Å². The van der Waals surface area contributed by atoms with Crippen LogP contribution in [0.5, 0.6) is 0 Å². The standard InChI is InChI=1S/C11H11NO/c12-10-6-4-9(5-7-10)11-3-1-2-8-13-11/h1-7H,8,12H2. The van der Waals surface area contributed by atoms with Gasteiger partial charge < -0.3 is 10.5 Å². The van der Waals surface area contributed by atoms with E-state index in [0.717, 1.165) is 17.0 Å². The Morgan fingerprint density at radius 3 is 2.54 bits per heavy atom. The first-order valence-corrected chi connectivity index (χ1v) is 4.22. The second-order valence-corrected chi connectivity index (χ2v) is 2.89. The van der Waals surface area contributed by atoms with Gasteiger partial charge in [0.05, 0.1) is 0 Å². The van der Waals surface area contributed by atoms with Gasteiger partial charge in [-0.3, -0.25) is 0 Å². The quantitative estimate of drug-likeness (QED) is 0.661. The average molecular weight is 173 g/mol. The summed E-state index contributed by atoms with van der Waals surface area (Å²) >= 11 is 0. The molecule has 0 saturated heterocycles. The summed E-state index contributed by atoms with van der Waals surface area (Å²) in [6.45, 7) is 0.649. The molecule has 2 rings (SSSR count). The summed E-state index contributed by atoms with van der Waals surface area (Å²) in [5, 5.41) is 0. The van der Waals surface area contributed by atoms with Crippen molar-refractivity contribution in [3.8, 4) is 0 Å². The minimum absolute atomic E-state index is 0.649. The minimum Gasteiger partial charge on any atom is -0.489 e. The largest absolute Gasteiger partial charge is 0.489 e. The van der Waals surface area contributed by atoms with Gasteiger partial charge in [-0.2, -0.15) is 0 Å². The predicted octanol–water partition coefficient (Wildman–Crippen LogP) is 2.20. The molecular weight excluding hydrogens is 162 g/mol. The molecule has 1 aromatic carbocycles. The Morgan fingerprint density at radius 1 is 1.15 bits per heavy atom. The molecule has 0 bridgehead atoms. The highest BCUT2D eigenvalue weighted by Gasteiger charge is 2.02. The first-order valence-electron chi connectivity index (χ1n) is 4.22. The average Bonchev–Trinajstić information content (AvgIpc) is 2.20. The molecule has 0 unspecified atom stereocenters. The van der Waals surface area contributed by atoms with Crippen molar-refractivity contribution >= 4 is 11.4 Å². The van der Waals surface area contributed by atoms with Crippen LogP contribution in [0.15, 0.2) is 42.5 Å². The van der Waals surface area contributed by atoms with Crippen LogP contribution in [0.25, 0.3) is 5.76 Å². The van der Waals surface area contributed by atoms with Gasteiger partial charge in [-0.05, 0) is 36.4 Å². The maximum absolute atomic E-state index is 5.58. The summed E-state index contributed by atoms with van der Waals surface area (Å²) in [6, 6.07) is 7.66. The number of anilines is 1. The van der Waals surface area contributed by atoms with Gasteiger partial charge in [0.2, 0.25) is 0 Å². The van der Waals surface area contributed by atoms with Crippen molar-refractivity contribution in [1.29, 1.82) is 0 Å². The van der Waals surface area contributed by atoms with Crippen molar-refractivity contribution in [3.63, 3.8) is 0 Å².